The third-order valence-electron chi connectivity index (χ3n) is 0.210. The number of hydrogen-bond acceptors (Lipinski definition) is 3. The minimum atomic E-state index is 1.09. The largest absolute Gasteiger partial charge is 0.210 e. The van der Waals surface area contributed by atoms with Gasteiger partial charge in [-0.15, -0.1) is 0 Å². The second-order valence-corrected chi connectivity index (χ2v) is 1.21. The van der Waals surface area contributed by atoms with Gasteiger partial charge in [0, 0.05) is 12.9 Å². The molecule has 0 amide bonds. The topological polar surface area (TPSA) is 24.7 Å². The van der Waals surface area contributed by atoms with Crippen molar-refractivity contribution in [1.82, 2.24) is 0 Å². The Kier molecular flexibility index (Phi) is 4.45. The SMILES string of the molecule is C=NS/N=C\C. The van der Waals surface area contributed by atoms with Crippen molar-refractivity contribution < 1.29 is 0 Å². The normalized spacial score (nSPS) is 9.50. The molecule has 0 fully saturated rings. The van der Waals surface area contributed by atoms with E-state index in [1.54, 1.807) is 6.21 Å². The van der Waals surface area contributed by atoms with Gasteiger partial charge in [-0.25, -0.2) is 8.80 Å². The van der Waals surface area contributed by atoms with E-state index in [1.165, 1.54) is 0 Å². The molecule has 0 spiro atoms. The van der Waals surface area contributed by atoms with Gasteiger partial charge in [0.2, 0.25) is 0 Å². The lowest BCUT2D eigenvalue weighted by Crippen LogP contribution is -1.47. The molecule has 0 saturated heterocycles. The summed E-state index contributed by atoms with van der Waals surface area (Å²) in [5.41, 5.74) is 0. The minimum absolute atomic E-state index is 1.09. The number of nitrogens with zero attached hydrogens (tertiary/aromatic N) is 2. The Bertz CT molecular complexity index is 59.8. The first-order valence-electron chi connectivity index (χ1n) is 1.52. The second kappa shape index (κ2) is 4.69. The molecule has 0 aliphatic rings. The highest BCUT2D eigenvalue weighted by Gasteiger charge is 1.59. The van der Waals surface area contributed by atoms with Crippen molar-refractivity contribution in [3.63, 3.8) is 0 Å². The minimum Gasteiger partial charge on any atom is -0.210 e. The van der Waals surface area contributed by atoms with Crippen LogP contribution in [0.2, 0.25) is 0 Å². The van der Waals surface area contributed by atoms with Crippen LogP contribution in [0.3, 0.4) is 0 Å². The molecule has 0 aromatic rings. The molecule has 0 N–H and O–H groups in total. The quantitative estimate of drug-likeness (QED) is 0.381. The lowest BCUT2D eigenvalue weighted by atomic mass is 10.9. The van der Waals surface area contributed by atoms with Crippen molar-refractivity contribution in [3.8, 4) is 0 Å². The van der Waals surface area contributed by atoms with Crippen molar-refractivity contribution in [3.05, 3.63) is 0 Å². The van der Waals surface area contributed by atoms with E-state index in [4.69, 9.17) is 0 Å². The van der Waals surface area contributed by atoms with Crippen LogP contribution < -0.4 is 0 Å². The first kappa shape index (κ1) is 5.69. The monoisotopic (exact) mass is 102 g/mol. The number of hydrogen-bond donors (Lipinski definition) is 0. The highest BCUT2D eigenvalue weighted by molar-refractivity contribution is 7.96. The molecule has 6 heavy (non-hydrogen) atoms. The van der Waals surface area contributed by atoms with Crippen LogP contribution in [0, 0.1) is 0 Å². The van der Waals surface area contributed by atoms with Crippen LogP contribution in [0.15, 0.2) is 8.80 Å². The van der Waals surface area contributed by atoms with Crippen molar-refractivity contribution in [2.75, 3.05) is 0 Å². The van der Waals surface area contributed by atoms with Crippen molar-refractivity contribution in [1.29, 1.82) is 0 Å². The fraction of sp³-hybridized carbons (Fsp3) is 0.333. The average molecular weight is 102 g/mol. The zero-order chi connectivity index (χ0) is 4.83. The lowest BCUT2D eigenvalue weighted by Gasteiger charge is -1.69. The molecule has 0 unspecified atom stereocenters. The van der Waals surface area contributed by atoms with Crippen LogP contribution in [0.1, 0.15) is 6.92 Å². The van der Waals surface area contributed by atoms with Crippen LogP contribution in [-0.2, 0) is 0 Å². The number of rotatable bonds is 2. The van der Waals surface area contributed by atoms with Gasteiger partial charge < -0.3 is 0 Å². The highest BCUT2D eigenvalue weighted by atomic mass is 32.2. The van der Waals surface area contributed by atoms with Crippen molar-refractivity contribution >= 4 is 25.1 Å². The summed E-state index contributed by atoms with van der Waals surface area (Å²) in [6, 6.07) is 0. The molecule has 0 saturated carbocycles. The first-order chi connectivity index (χ1) is 2.91. The maximum absolute atomic E-state index is 3.65. The smallest absolute Gasteiger partial charge is 0.114 e. The molecule has 0 bridgehead atoms. The summed E-state index contributed by atoms with van der Waals surface area (Å²) in [6.07, 6.45) is 1.67. The van der Waals surface area contributed by atoms with E-state index in [1.807, 2.05) is 6.92 Å². The molecular formula is C3H6N2S. The Morgan fingerprint density at radius 2 is 2.50 bits per heavy atom. The van der Waals surface area contributed by atoms with Gasteiger partial charge >= 0.3 is 0 Å². The molecule has 3 heteroatoms. The molecule has 0 aromatic heterocycles. The predicted octanol–water partition coefficient (Wildman–Crippen LogP) is 1.34. The molecule has 0 aromatic carbocycles. The highest BCUT2D eigenvalue weighted by Crippen LogP contribution is 1.97. The van der Waals surface area contributed by atoms with Crippen molar-refractivity contribution in [2.24, 2.45) is 8.80 Å². The summed E-state index contributed by atoms with van der Waals surface area (Å²) in [7, 11) is 0. The lowest BCUT2D eigenvalue weighted by molar-refractivity contribution is 1.84. The maximum atomic E-state index is 3.65. The Hall–Kier alpha value is -0.310. The summed E-state index contributed by atoms with van der Waals surface area (Å²) in [5, 5.41) is 0. The van der Waals surface area contributed by atoms with Gasteiger partial charge in [0.25, 0.3) is 0 Å². The zero-order valence-corrected chi connectivity index (χ0v) is 4.40. The Morgan fingerprint density at radius 1 is 1.83 bits per heavy atom. The van der Waals surface area contributed by atoms with Gasteiger partial charge in [-0.3, -0.25) is 0 Å². The van der Waals surface area contributed by atoms with Gasteiger partial charge in [-0.2, -0.15) is 0 Å². The zero-order valence-electron chi connectivity index (χ0n) is 3.59. The Balaban J connectivity index is 2.85. The van der Waals surface area contributed by atoms with E-state index in [2.05, 4.69) is 15.5 Å². The average Bonchev–Trinajstić information content (AvgIpc) is 1.61. The summed E-state index contributed by atoms with van der Waals surface area (Å²) < 4.78 is 7.05. The summed E-state index contributed by atoms with van der Waals surface area (Å²) >= 11 is 1.09. The van der Waals surface area contributed by atoms with E-state index in [0.29, 0.717) is 0 Å². The maximum Gasteiger partial charge on any atom is 0.114 e. The Labute approximate surface area is 41.7 Å². The molecule has 0 rings (SSSR count). The summed E-state index contributed by atoms with van der Waals surface area (Å²) in [6.45, 7) is 5.03. The van der Waals surface area contributed by atoms with Gasteiger partial charge in [0.05, 0.1) is 0 Å². The molecule has 0 radical (unpaired) electrons. The standard InChI is InChI=1S/C3H6N2S/c1-3-5-6-4-2/h3H,2H2,1H3/b5-3-. The third kappa shape index (κ3) is 3.69. The molecular weight excluding hydrogens is 96.1 g/mol. The predicted molar refractivity (Wildman–Crippen MR) is 31.3 cm³/mol. The van der Waals surface area contributed by atoms with Crippen LogP contribution in [0.4, 0.5) is 0 Å². The molecule has 34 valence electrons. The first-order valence-corrected chi connectivity index (χ1v) is 2.25. The van der Waals surface area contributed by atoms with E-state index >= 15 is 0 Å². The molecule has 0 heterocycles. The molecule has 2 nitrogen and oxygen atoms in total. The second-order valence-electron chi connectivity index (χ2n) is 0.574. The van der Waals surface area contributed by atoms with Gasteiger partial charge in [0.1, 0.15) is 12.1 Å². The fourth-order valence-electron chi connectivity index (χ4n) is 0.0805. The summed E-state index contributed by atoms with van der Waals surface area (Å²) in [5.74, 6) is 0. The van der Waals surface area contributed by atoms with Crippen LogP contribution >= 0.6 is 12.1 Å². The van der Waals surface area contributed by atoms with Crippen molar-refractivity contribution in [2.45, 2.75) is 6.92 Å². The van der Waals surface area contributed by atoms with E-state index in [9.17, 15) is 0 Å². The third-order valence-corrected chi connectivity index (χ3v) is 0.631. The molecule has 0 aliphatic heterocycles. The van der Waals surface area contributed by atoms with Gasteiger partial charge in [-0.05, 0) is 6.92 Å². The van der Waals surface area contributed by atoms with E-state index < -0.39 is 0 Å². The van der Waals surface area contributed by atoms with Crippen LogP contribution in [-0.4, -0.2) is 12.9 Å². The van der Waals surface area contributed by atoms with Crippen LogP contribution in [0.25, 0.3) is 0 Å². The van der Waals surface area contributed by atoms with Gasteiger partial charge in [0.15, 0.2) is 0 Å². The van der Waals surface area contributed by atoms with Crippen LogP contribution in [0.5, 0.6) is 0 Å². The Morgan fingerprint density at radius 3 is 2.67 bits per heavy atom. The van der Waals surface area contributed by atoms with E-state index in [-0.39, 0.29) is 0 Å². The van der Waals surface area contributed by atoms with E-state index in [0.717, 1.165) is 12.1 Å². The molecule has 0 atom stereocenters. The van der Waals surface area contributed by atoms with Gasteiger partial charge in [-0.1, -0.05) is 0 Å². The molecule has 0 aliphatic carbocycles. The summed E-state index contributed by atoms with van der Waals surface area (Å²) in [4.78, 5) is 0. The fourth-order valence-corrected chi connectivity index (χ4v) is 0.241.